The van der Waals surface area contributed by atoms with Crippen molar-refractivity contribution in [3.05, 3.63) is 33.4 Å². The minimum Gasteiger partial charge on any atom is -0.327 e. The normalized spacial score (nSPS) is 13.6. The third-order valence-electron chi connectivity index (χ3n) is 4.15. The fourth-order valence-electron chi connectivity index (χ4n) is 2.19. The van der Waals surface area contributed by atoms with Gasteiger partial charge < -0.3 is 5.73 Å². The van der Waals surface area contributed by atoms with Gasteiger partial charge in [0, 0.05) is 25.7 Å². The Balaban J connectivity index is 3.23. The first-order chi connectivity index (χ1) is 10.5. The zero-order valence-electron chi connectivity index (χ0n) is 14.2. The number of rotatable bonds is 7. The van der Waals surface area contributed by atoms with E-state index in [-0.39, 0.29) is 23.4 Å². The Morgan fingerprint density at radius 3 is 2.35 bits per heavy atom. The van der Waals surface area contributed by atoms with Gasteiger partial charge in [-0.15, -0.1) is 0 Å². The van der Waals surface area contributed by atoms with Crippen LogP contribution in [0.2, 0.25) is 0 Å². The summed E-state index contributed by atoms with van der Waals surface area (Å²) in [7, 11) is -2.53. The molecule has 0 heterocycles. The second-order valence-corrected chi connectivity index (χ2v) is 8.12. The van der Waals surface area contributed by atoms with Crippen LogP contribution in [-0.4, -0.2) is 37.3 Å². The van der Waals surface area contributed by atoms with Crippen LogP contribution in [-0.2, 0) is 10.0 Å². The van der Waals surface area contributed by atoms with Gasteiger partial charge in [-0.2, -0.15) is 0 Å². The van der Waals surface area contributed by atoms with Crippen molar-refractivity contribution in [1.29, 1.82) is 0 Å². The number of nitro groups is 1. The summed E-state index contributed by atoms with van der Waals surface area (Å²) < 4.78 is 26.7. The molecule has 0 spiro atoms. The molecule has 0 saturated carbocycles. The van der Waals surface area contributed by atoms with Gasteiger partial charge in [-0.1, -0.05) is 19.9 Å². The van der Waals surface area contributed by atoms with Crippen molar-refractivity contribution in [3.63, 3.8) is 0 Å². The third-order valence-corrected chi connectivity index (χ3v) is 6.19. The lowest BCUT2D eigenvalue weighted by Gasteiger charge is -2.22. The van der Waals surface area contributed by atoms with Gasteiger partial charge in [0.2, 0.25) is 10.0 Å². The van der Waals surface area contributed by atoms with E-state index in [4.69, 9.17) is 5.73 Å². The van der Waals surface area contributed by atoms with Crippen LogP contribution in [0, 0.1) is 29.9 Å². The minimum atomic E-state index is -3.95. The van der Waals surface area contributed by atoms with E-state index in [0.717, 1.165) is 4.31 Å². The molecule has 0 saturated heterocycles. The van der Waals surface area contributed by atoms with Crippen molar-refractivity contribution < 1.29 is 13.3 Å². The van der Waals surface area contributed by atoms with Crippen molar-refractivity contribution in [2.24, 2.45) is 11.7 Å². The first kappa shape index (κ1) is 19.5. The minimum absolute atomic E-state index is 0.124. The van der Waals surface area contributed by atoms with Crippen LogP contribution in [0.5, 0.6) is 0 Å². The predicted molar refractivity (Wildman–Crippen MR) is 89.8 cm³/mol. The average molecular weight is 343 g/mol. The standard InChI is InChI=1S/C15H25N3O4S/c1-10(2)13(16)8-9-17(5)23(21,22)15-12(4)11(3)6-7-14(15)18(19)20/h6-7,10,13H,8-9,16H2,1-5H3. The van der Waals surface area contributed by atoms with Gasteiger partial charge in [-0.25, -0.2) is 12.7 Å². The number of nitrogens with zero attached hydrogens (tertiary/aromatic N) is 2. The highest BCUT2D eigenvalue weighted by Crippen LogP contribution is 2.31. The smallest absolute Gasteiger partial charge is 0.289 e. The van der Waals surface area contributed by atoms with E-state index in [1.165, 1.54) is 13.1 Å². The lowest BCUT2D eigenvalue weighted by molar-refractivity contribution is -0.388. The zero-order valence-corrected chi connectivity index (χ0v) is 15.1. The monoisotopic (exact) mass is 343 g/mol. The molecule has 8 heteroatoms. The van der Waals surface area contributed by atoms with Crippen molar-refractivity contribution in [1.82, 2.24) is 4.31 Å². The van der Waals surface area contributed by atoms with E-state index in [0.29, 0.717) is 17.5 Å². The summed E-state index contributed by atoms with van der Waals surface area (Å²) in [6.45, 7) is 7.46. The maximum Gasteiger partial charge on any atom is 0.289 e. The van der Waals surface area contributed by atoms with Gasteiger partial charge in [0.15, 0.2) is 4.90 Å². The van der Waals surface area contributed by atoms with Gasteiger partial charge in [0.05, 0.1) is 4.92 Å². The van der Waals surface area contributed by atoms with E-state index in [9.17, 15) is 18.5 Å². The molecule has 23 heavy (non-hydrogen) atoms. The summed E-state index contributed by atoms with van der Waals surface area (Å²) >= 11 is 0. The first-order valence-corrected chi connectivity index (χ1v) is 8.90. The molecule has 2 N–H and O–H groups in total. The summed E-state index contributed by atoms with van der Waals surface area (Å²) in [6, 6.07) is 2.67. The van der Waals surface area contributed by atoms with Crippen LogP contribution in [0.1, 0.15) is 31.4 Å². The topological polar surface area (TPSA) is 107 Å². The molecule has 130 valence electrons. The van der Waals surface area contributed by atoms with Crippen LogP contribution in [0.15, 0.2) is 17.0 Å². The molecule has 0 bridgehead atoms. The lowest BCUT2D eigenvalue weighted by atomic mass is 10.0. The summed E-state index contributed by atoms with van der Waals surface area (Å²) in [6.07, 6.45) is 0.492. The molecule has 1 unspecified atom stereocenters. The number of nitrogens with two attached hydrogens (primary N) is 1. The van der Waals surface area contributed by atoms with Gasteiger partial charge in [0.25, 0.3) is 5.69 Å². The summed E-state index contributed by atoms with van der Waals surface area (Å²) in [5.41, 5.74) is 6.65. The van der Waals surface area contributed by atoms with Gasteiger partial charge >= 0.3 is 0 Å². The molecule has 0 fully saturated rings. The zero-order chi connectivity index (χ0) is 17.9. The second kappa shape index (κ2) is 7.37. The lowest BCUT2D eigenvalue weighted by Crippen LogP contribution is -2.35. The van der Waals surface area contributed by atoms with Crippen LogP contribution in [0.3, 0.4) is 0 Å². The van der Waals surface area contributed by atoms with Crippen LogP contribution < -0.4 is 5.73 Å². The summed E-state index contributed by atoms with van der Waals surface area (Å²) in [5.74, 6) is 0.237. The van der Waals surface area contributed by atoms with E-state index >= 15 is 0 Å². The molecule has 0 aliphatic heterocycles. The highest BCUT2D eigenvalue weighted by Gasteiger charge is 2.32. The van der Waals surface area contributed by atoms with Crippen LogP contribution in [0.4, 0.5) is 5.69 Å². The van der Waals surface area contributed by atoms with Crippen molar-refractivity contribution in [2.45, 2.75) is 45.1 Å². The average Bonchev–Trinajstić information content (AvgIpc) is 2.45. The Kier molecular flexibility index (Phi) is 6.26. The quantitative estimate of drug-likeness (QED) is 0.603. The van der Waals surface area contributed by atoms with E-state index in [2.05, 4.69) is 0 Å². The van der Waals surface area contributed by atoms with Gasteiger partial charge in [0.1, 0.15) is 0 Å². The number of nitro benzene ring substituents is 1. The number of sulfonamides is 1. The number of benzene rings is 1. The molecule has 1 aromatic rings. The number of aryl methyl sites for hydroxylation is 1. The summed E-state index contributed by atoms with van der Waals surface area (Å²) in [4.78, 5) is 10.3. The molecule has 7 nitrogen and oxygen atoms in total. The highest BCUT2D eigenvalue weighted by molar-refractivity contribution is 7.89. The summed E-state index contributed by atoms with van der Waals surface area (Å²) in [5, 5.41) is 11.2. The highest BCUT2D eigenvalue weighted by atomic mass is 32.2. The second-order valence-electron chi connectivity index (χ2n) is 6.14. The largest absolute Gasteiger partial charge is 0.327 e. The molecule has 1 atom stereocenters. The fraction of sp³-hybridized carbons (Fsp3) is 0.600. The Hall–Kier alpha value is -1.51. The molecule has 0 aliphatic carbocycles. The Labute approximate surface area is 137 Å². The van der Waals surface area contributed by atoms with Gasteiger partial charge in [-0.05, 0) is 37.3 Å². The molecule has 0 amide bonds. The molecular formula is C15H25N3O4S. The van der Waals surface area contributed by atoms with E-state index in [1.54, 1.807) is 19.9 Å². The van der Waals surface area contributed by atoms with E-state index in [1.807, 2.05) is 13.8 Å². The van der Waals surface area contributed by atoms with Crippen LogP contribution in [0.25, 0.3) is 0 Å². The molecule has 1 aromatic carbocycles. The SMILES string of the molecule is Cc1ccc([N+](=O)[O-])c(S(=O)(=O)N(C)CCC(N)C(C)C)c1C. The van der Waals surface area contributed by atoms with Gasteiger partial charge in [-0.3, -0.25) is 10.1 Å². The Morgan fingerprint density at radius 1 is 1.30 bits per heavy atom. The van der Waals surface area contributed by atoms with Crippen molar-refractivity contribution >= 4 is 15.7 Å². The Bertz CT molecular complexity index is 686. The third kappa shape index (κ3) is 4.27. The molecule has 0 aromatic heterocycles. The maximum atomic E-state index is 12.8. The number of hydrogen-bond donors (Lipinski definition) is 1. The van der Waals surface area contributed by atoms with Crippen LogP contribution >= 0.6 is 0 Å². The predicted octanol–water partition coefficient (Wildman–Crippen LogP) is 2.21. The fourth-order valence-corrected chi connectivity index (χ4v) is 3.80. The Morgan fingerprint density at radius 2 is 1.87 bits per heavy atom. The van der Waals surface area contributed by atoms with Crippen molar-refractivity contribution in [3.8, 4) is 0 Å². The maximum absolute atomic E-state index is 12.8. The molecule has 0 aliphatic rings. The first-order valence-electron chi connectivity index (χ1n) is 7.46. The molecule has 1 rings (SSSR count). The van der Waals surface area contributed by atoms with Crippen molar-refractivity contribution in [2.75, 3.05) is 13.6 Å². The molecular weight excluding hydrogens is 318 g/mol. The van der Waals surface area contributed by atoms with E-state index < -0.39 is 20.6 Å². The molecule has 0 radical (unpaired) electrons. The number of hydrogen-bond acceptors (Lipinski definition) is 5.